The highest BCUT2D eigenvalue weighted by Gasteiger charge is 2.34. The summed E-state index contributed by atoms with van der Waals surface area (Å²) in [6.45, 7) is 5.35. The number of hydrogen-bond donors (Lipinski definition) is 0. The Morgan fingerprint density at radius 2 is 1.88 bits per heavy atom. The minimum atomic E-state index is -0.890. The zero-order valence-corrected chi connectivity index (χ0v) is 14.8. The molecule has 1 heterocycles. The number of fused-ring (bicyclic) bond motifs is 1. The first-order valence-electron chi connectivity index (χ1n) is 8.70. The van der Waals surface area contributed by atoms with Gasteiger partial charge in [-0.1, -0.05) is 56.3 Å². The van der Waals surface area contributed by atoms with E-state index in [1.54, 1.807) is 0 Å². The van der Waals surface area contributed by atoms with Crippen molar-refractivity contribution in [3.05, 3.63) is 48.0 Å². The van der Waals surface area contributed by atoms with E-state index in [4.69, 9.17) is 0 Å². The molecular formula is C21H26FNO. The lowest BCUT2D eigenvalue weighted by Crippen LogP contribution is -2.43. The summed E-state index contributed by atoms with van der Waals surface area (Å²) in [5, 5.41) is 2.39. The number of Topliss-reactive ketones (excluding diaryl/α,β-unsaturated/α-hetero) is 1. The normalized spacial score (nSPS) is 22.7. The number of carbonyl (C=O) groups excluding carboxylic acids is 1. The predicted molar refractivity (Wildman–Crippen MR) is 97.1 cm³/mol. The van der Waals surface area contributed by atoms with E-state index in [9.17, 15) is 9.18 Å². The van der Waals surface area contributed by atoms with Gasteiger partial charge in [-0.05, 0) is 35.2 Å². The lowest BCUT2D eigenvalue weighted by molar-refractivity contribution is -0.126. The fourth-order valence-corrected chi connectivity index (χ4v) is 3.97. The van der Waals surface area contributed by atoms with Crippen molar-refractivity contribution in [2.24, 2.45) is 5.92 Å². The van der Waals surface area contributed by atoms with Crippen molar-refractivity contribution in [3.63, 3.8) is 0 Å². The smallest absolute Gasteiger partial charge is 0.138 e. The number of carbonyl (C=O) groups is 1. The van der Waals surface area contributed by atoms with Crippen LogP contribution in [0, 0.1) is 5.92 Å². The van der Waals surface area contributed by atoms with Crippen molar-refractivity contribution < 1.29 is 9.18 Å². The van der Waals surface area contributed by atoms with Crippen LogP contribution in [0.4, 0.5) is 4.39 Å². The number of ketones is 1. The molecular weight excluding hydrogens is 301 g/mol. The molecule has 2 unspecified atom stereocenters. The van der Waals surface area contributed by atoms with Crippen LogP contribution in [0.25, 0.3) is 10.8 Å². The fourth-order valence-electron chi connectivity index (χ4n) is 3.97. The van der Waals surface area contributed by atoms with Crippen LogP contribution in [-0.4, -0.2) is 37.0 Å². The van der Waals surface area contributed by atoms with E-state index in [1.165, 1.54) is 16.3 Å². The molecule has 1 aliphatic heterocycles. The van der Waals surface area contributed by atoms with Gasteiger partial charge in [-0.25, -0.2) is 4.39 Å². The quantitative estimate of drug-likeness (QED) is 0.831. The average Bonchev–Trinajstić information content (AvgIpc) is 2.53. The first-order valence-corrected chi connectivity index (χ1v) is 8.70. The van der Waals surface area contributed by atoms with Crippen LogP contribution in [-0.2, 0) is 10.2 Å². The molecule has 2 aromatic rings. The summed E-state index contributed by atoms with van der Waals surface area (Å²) in [5.41, 5.74) is 0.926. The highest BCUT2D eigenvalue weighted by Crippen LogP contribution is 2.35. The number of alkyl halides is 1. The van der Waals surface area contributed by atoms with Crippen LogP contribution >= 0.6 is 0 Å². The van der Waals surface area contributed by atoms with E-state index >= 15 is 0 Å². The first kappa shape index (κ1) is 17.1. The third kappa shape index (κ3) is 3.51. The molecule has 1 aliphatic rings. The molecule has 0 aliphatic carbocycles. The van der Waals surface area contributed by atoms with Gasteiger partial charge in [0.2, 0.25) is 0 Å². The van der Waals surface area contributed by atoms with Gasteiger partial charge in [0.25, 0.3) is 0 Å². The Morgan fingerprint density at radius 3 is 2.62 bits per heavy atom. The summed E-state index contributed by atoms with van der Waals surface area (Å²) in [6.07, 6.45) is -0.0699. The second-order valence-corrected chi connectivity index (χ2v) is 7.80. The summed E-state index contributed by atoms with van der Waals surface area (Å²) in [7, 11) is 1.89. The van der Waals surface area contributed by atoms with Gasteiger partial charge in [-0.3, -0.25) is 4.79 Å². The SMILES string of the molecule is CN1CC(F)CC(C(=O)CC(C)(C)c2cccc3ccccc23)C1. The lowest BCUT2D eigenvalue weighted by Gasteiger charge is -2.34. The molecule has 2 atom stereocenters. The third-order valence-corrected chi connectivity index (χ3v) is 5.17. The van der Waals surface area contributed by atoms with Crippen molar-refractivity contribution in [2.45, 2.75) is 38.3 Å². The van der Waals surface area contributed by atoms with E-state index in [2.05, 4.69) is 44.2 Å². The van der Waals surface area contributed by atoms with E-state index in [1.807, 2.05) is 24.1 Å². The Kier molecular flexibility index (Phi) is 4.73. The van der Waals surface area contributed by atoms with E-state index in [-0.39, 0.29) is 17.1 Å². The second-order valence-electron chi connectivity index (χ2n) is 7.80. The molecule has 0 radical (unpaired) electrons. The van der Waals surface area contributed by atoms with E-state index in [0.717, 1.165) is 0 Å². The van der Waals surface area contributed by atoms with Crippen molar-refractivity contribution in [2.75, 3.05) is 20.1 Å². The van der Waals surface area contributed by atoms with E-state index < -0.39 is 6.17 Å². The largest absolute Gasteiger partial charge is 0.303 e. The van der Waals surface area contributed by atoms with Gasteiger partial charge in [0.15, 0.2) is 0 Å². The maximum Gasteiger partial charge on any atom is 0.138 e. The number of rotatable bonds is 4. The number of piperidine rings is 1. The predicted octanol–water partition coefficient (Wildman–Crippen LogP) is 4.37. The third-order valence-electron chi connectivity index (χ3n) is 5.17. The molecule has 128 valence electrons. The van der Waals surface area contributed by atoms with Crippen molar-refractivity contribution in [1.29, 1.82) is 0 Å². The highest BCUT2D eigenvalue weighted by atomic mass is 19.1. The van der Waals surface area contributed by atoms with Gasteiger partial charge < -0.3 is 4.90 Å². The van der Waals surface area contributed by atoms with Gasteiger partial charge in [0.05, 0.1) is 0 Å². The standard InChI is InChI=1S/C21H26FNO/c1-21(2,12-20(24)16-11-17(22)14-23(3)13-16)19-10-6-8-15-7-4-5-9-18(15)19/h4-10,16-17H,11-14H2,1-3H3. The minimum absolute atomic E-state index is 0.183. The van der Waals surface area contributed by atoms with Crippen LogP contribution < -0.4 is 0 Å². The number of halogens is 1. The van der Waals surface area contributed by atoms with Gasteiger partial charge >= 0.3 is 0 Å². The maximum atomic E-state index is 13.8. The molecule has 2 nitrogen and oxygen atoms in total. The molecule has 2 aromatic carbocycles. The van der Waals surface area contributed by atoms with Crippen molar-refractivity contribution >= 4 is 16.6 Å². The molecule has 0 N–H and O–H groups in total. The molecule has 0 aromatic heterocycles. The van der Waals surface area contributed by atoms with Gasteiger partial charge in [-0.2, -0.15) is 0 Å². The summed E-state index contributed by atoms with van der Waals surface area (Å²) in [6, 6.07) is 14.5. The number of hydrogen-bond acceptors (Lipinski definition) is 2. The molecule has 3 rings (SSSR count). The monoisotopic (exact) mass is 327 g/mol. The van der Waals surface area contributed by atoms with Gasteiger partial charge in [0.1, 0.15) is 12.0 Å². The zero-order chi connectivity index (χ0) is 17.3. The summed E-state index contributed by atoms with van der Waals surface area (Å²) in [5.74, 6) is -0.00450. The Bertz CT molecular complexity index is 724. The van der Waals surface area contributed by atoms with Crippen LogP contribution in [0.2, 0.25) is 0 Å². The van der Waals surface area contributed by atoms with Crippen LogP contribution in [0.5, 0.6) is 0 Å². The highest BCUT2D eigenvalue weighted by molar-refractivity contribution is 5.88. The van der Waals surface area contributed by atoms with Crippen LogP contribution in [0.15, 0.2) is 42.5 Å². The molecule has 1 fully saturated rings. The Balaban J connectivity index is 1.83. The Labute approximate surface area is 143 Å². The molecule has 0 spiro atoms. The first-order chi connectivity index (χ1) is 11.4. The topological polar surface area (TPSA) is 20.3 Å². The zero-order valence-electron chi connectivity index (χ0n) is 14.8. The van der Waals surface area contributed by atoms with Crippen molar-refractivity contribution in [3.8, 4) is 0 Å². The molecule has 3 heteroatoms. The summed E-state index contributed by atoms with van der Waals surface area (Å²) < 4.78 is 13.8. The van der Waals surface area contributed by atoms with Gasteiger partial charge in [0, 0.05) is 25.4 Å². The summed E-state index contributed by atoms with van der Waals surface area (Å²) >= 11 is 0. The molecule has 0 saturated carbocycles. The molecule has 0 amide bonds. The summed E-state index contributed by atoms with van der Waals surface area (Å²) in [4.78, 5) is 14.8. The van der Waals surface area contributed by atoms with E-state index in [0.29, 0.717) is 25.9 Å². The minimum Gasteiger partial charge on any atom is -0.303 e. The molecule has 24 heavy (non-hydrogen) atoms. The second kappa shape index (κ2) is 6.64. The van der Waals surface area contributed by atoms with Crippen LogP contribution in [0.1, 0.15) is 32.3 Å². The fraction of sp³-hybridized carbons (Fsp3) is 0.476. The van der Waals surface area contributed by atoms with Crippen molar-refractivity contribution in [1.82, 2.24) is 4.90 Å². The Hall–Kier alpha value is -1.74. The van der Waals surface area contributed by atoms with Gasteiger partial charge in [-0.15, -0.1) is 0 Å². The van der Waals surface area contributed by atoms with Crippen LogP contribution in [0.3, 0.4) is 0 Å². The average molecular weight is 327 g/mol. The molecule has 0 bridgehead atoms. The maximum absolute atomic E-state index is 13.8. The number of benzene rings is 2. The number of likely N-dealkylation sites (tertiary alicyclic amines) is 1. The number of nitrogens with zero attached hydrogens (tertiary/aromatic N) is 1. The molecule has 1 saturated heterocycles. The Morgan fingerprint density at radius 1 is 1.17 bits per heavy atom. The lowest BCUT2D eigenvalue weighted by atomic mass is 9.75.